The van der Waals surface area contributed by atoms with Crippen molar-refractivity contribution in [3.05, 3.63) is 33.8 Å². The Morgan fingerprint density at radius 2 is 1.82 bits per heavy atom. The molecule has 94 valence electrons. The summed E-state index contributed by atoms with van der Waals surface area (Å²) in [7, 11) is 0. The molecule has 0 aliphatic heterocycles. The lowest BCUT2D eigenvalue weighted by atomic mass is 9.98. The van der Waals surface area contributed by atoms with E-state index in [1.165, 1.54) is 0 Å². The van der Waals surface area contributed by atoms with E-state index in [2.05, 4.69) is 0 Å². The summed E-state index contributed by atoms with van der Waals surface area (Å²) in [5.74, 6) is -0.934. The van der Waals surface area contributed by atoms with Gasteiger partial charge in [-0.2, -0.15) is 13.2 Å². The first-order valence-corrected chi connectivity index (χ1v) is 4.72. The fourth-order valence-electron chi connectivity index (χ4n) is 1.42. The van der Waals surface area contributed by atoms with Gasteiger partial charge in [-0.15, -0.1) is 0 Å². The average molecular weight is 273 g/mol. The molecule has 0 saturated carbocycles. The van der Waals surface area contributed by atoms with Crippen LogP contribution >= 0.6 is 11.6 Å². The summed E-state index contributed by atoms with van der Waals surface area (Å²) in [5, 5.41) is -0.416. The molecule has 0 bridgehead atoms. The maximum absolute atomic E-state index is 12.6. The minimum atomic E-state index is -4.96. The van der Waals surface area contributed by atoms with Crippen molar-refractivity contribution in [3.8, 4) is 0 Å². The molecule has 1 rings (SSSR count). The molecular formula is C10H6ClF5O. The van der Waals surface area contributed by atoms with Gasteiger partial charge in [0.05, 0.1) is 10.6 Å². The van der Waals surface area contributed by atoms with Crippen molar-refractivity contribution in [1.82, 2.24) is 0 Å². The Hall–Kier alpha value is -1.17. The van der Waals surface area contributed by atoms with Crippen molar-refractivity contribution in [3.63, 3.8) is 0 Å². The van der Waals surface area contributed by atoms with E-state index in [-0.39, 0.29) is 0 Å². The van der Waals surface area contributed by atoms with E-state index in [0.717, 1.165) is 13.0 Å². The monoisotopic (exact) mass is 272 g/mol. The van der Waals surface area contributed by atoms with Crippen LogP contribution in [0.1, 0.15) is 34.8 Å². The predicted molar refractivity (Wildman–Crippen MR) is 51.4 cm³/mol. The molecule has 17 heavy (non-hydrogen) atoms. The number of carbonyl (C=O) groups excluding carboxylic acids is 1. The third-order valence-corrected chi connectivity index (χ3v) is 2.39. The lowest BCUT2D eigenvalue weighted by Gasteiger charge is -2.16. The van der Waals surface area contributed by atoms with E-state index in [1.807, 2.05) is 0 Å². The van der Waals surface area contributed by atoms with Crippen LogP contribution in [0.15, 0.2) is 12.1 Å². The number of alkyl halides is 5. The summed E-state index contributed by atoms with van der Waals surface area (Å²) in [6, 6.07) is 1.23. The van der Waals surface area contributed by atoms with Crippen LogP contribution in [-0.4, -0.2) is 5.78 Å². The van der Waals surface area contributed by atoms with Crippen molar-refractivity contribution in [2.45, 2.75) is 19.5 Å². The predicted octanol–water partition coefficient (Wildman–Crippen LogP) is 4.50. The van der Waals surface area contributed by atoms with Crippen molar-refractivity contribution >= 4 is 17.4 Å². The molecule has 0 atom stereocenters. The number of hydrogen-bond acceptors (Lipinski definition) is 1. The van der Waals surface area contributed by atoms with Gasteiger partial charge < -0.3 is 0 Å². The zero-order valence-corrected chi connectivity index (χ0v) is 9.16. The SMILES string of the molecule is CC(=O)c1c(Cl)ccc(C(F)(F)F)c1C(F)F. The molecule has 1 aromatic rings. The molecule has 0 N–H and O–H groups in total. The van der Waals surface area contributed by atoms with Gasteiger partial charge in [0, 0.05) is 11.1 Å². The second-order valence-electron chi connectivity index (χ2n) is 3.24. The maximum Gasteiger partial charge on any atom is 0.416 e. The first kappa shape index (κ1) is 13.9. The Labute approximate surface area is 98.2 Å². The van der Waals surface area contributed by atoms with E-state index < -0.39 is 40.1 Å². The molecule has 0 saturated heterocycles. The Morgan fingerprint density at radius 3 is 2.18 bits per heavy atom. The van der Waals surface area contributed by atoms with Gasteiger partial charge in [-0.3, -0.25) is 4.79 Å². The van der Waals surface area contributed by atoms with Gasteiger partial charge in [0.2, 0.25) is 0 Å². The van der Waals surface area contributed by atoms with Crippen LogP contribution in [0.4, 0.5) is 22.0 Å². The highest BCUT2D eigenvalue weighted by Crippen LogP contribution is 2.40. The zero-order valence-electron chi connectivity index (χ0n) is 8.41. The fraction of sp³-hybridized carbons (Fsp3) is 0.300. The maximum atomic E-state index is 12.6. The molecule has 1 aromatic carbocycles. The molecule has 0 spiro atoms. The number of halogens is 6. The summed E-state index contributed by atoms with van der Waals surface area (Å²) in [5.41, 5.74) is -3.68. The minimum absolute atomic E-state index is 0.416. The number of rotatable bonds is 2. The van der Waals surface area contributed by atoms with Gasteiger partial charge in [0.1, 0.15) is 0 Å². The van der Waals surface area contributed by atoms with Gasteiger partial charge in [-0.25, -0.2) is 8.78 Å². The van der Waals surface area contributed by atoms with Crippen LogP contribution in [0.5, 0.6) is 0 Å². The molecular weight excluding hydrogens is 267 g/mol. The molecule has 0 heterocycles. The summed E-state index contributed by atoms with van der Waals surface area (Å²) >= 11 is 5.47. The third kappa shape index (κ3) is 2.74. The van der Waals surface area contributed by atoms with Gasteiger partial charge >= 0.3 is 6.18 Å². The topological polar surface area (TPSA) is 17.1 Å². The third-order valence-electron chi connectivity index (χ3n) is 2.07. The Bertz CT molecular complexity index is 453. The van der Waals surface area contributed by atoms with E-state index in [1.54, 1.807) is 0 Å². The number of carbonyl (C=O) groups is 1. The lowest BCUT2D eigenvalue weighted by Crippen LogP contribution is -2.14. The van der Waals surface area contributed by atoms with Gasteiger partial charge in [-0.05, 0) is 19.1 Å². The highest BCUT2D eigenvalue weighted by Gasteiger charge is 2.38. The van der Waals surface area contributed by atoms with E-state index >= 15 is 0 Å². The van der Waals surface area contributed by atoms with E-state index in [0.29, 0.717) is 6.07 Å². The summed E-state index contributed by atoms with van der Waals surface area (Å²) in [4.78, 5) is 11.1. The molecule has 0 aliphatic carbocycles. The van der Waals surface area contributed by atoms with Crippen molar-refractivity contribution in [1.29, 1.82) is 0 Å². The smallest absolute Gasteiger partial charge is 0.294 e. The molecule has 0 aliphatic rings. The van der Waals surface area contributed by atoms with Crippen molar-refractivity contribution in [2.75, 3.05) is 0 Å². The van der Waals surface area contributed by atoms with Crippen LogP contribution in [0, 0.1) is 0 Å². The van der Waals surface area contributed by atoms with Crippen LogP contribution in [0.25, 0.3) is 0 Å². The fourth-order valence-corrected chi connectivity index (χ4v) is 1.72. The molecule has 1 nitrogen and oxygen atoms in total. The standard InChI is InChI=1S/C10H6ClF5O/c1-4(17)7-6(11)3-2-5(10(14,15)16)8(7)9(12)13/h2-3,9H,1H3. The molecule has 0 radical (unpaired) electrons. The number of ketones is 1. The van der Waals surface area contributed by atoms with Gasteiger partial charge in [-0.1, -0.05) is 11.6 Å². The largest absolute Gasteiger partial charge is 0.416 e. The molecule has 0 fully saturated rings. The Kier molecular flexibility index (Phi) is 3.76. The van der Waals surface area contributed by atoms with E-state index in [4.69, 9.17) is 11.6 Å². The zero-order chi connectivity index (χ0) is 13.4. The second-order valence-corrected chi connectivity index (χ2v) is 3.65. The second kappa shape index (κ2) is 4.60. The highest BCUT2D eigenvalue weighted by molar-refractivity contribution is 6.34. The molecule has 7 heteroatoms. The van der Waals surface area contributed by atoms with Crippen LogP contribution < -0.4 is 0 Å². The van der Waals surface area contributed by atoms with Crippen molar-refractivity contribution in [2.24, 2.45) is 0 Å². The molecule has 0 amide bonds. The van der Waals surface area contributed by atoms with Crippen LogP contribution in [-0.2, 0) is 6.18 Å². The Morgan fingerprint density at radius 1 is 1.29 bits per heavy atom. The lowest BCUT2D eigenvalue weighted by molar-refractivity contribution is -0.139. The van der Waals surface area contributed by atoms with E-state index in [9.17, 15) is 26.7 Å². The summed E-state index contributed by atoms with van der Waals surface area (Å²) in [6.45, 7) is 0.882. The number of benzene rings is 1. The Balaban J connectivity index is 3.65. The van der Waals surface area contributed by atoms with Gasteiger partial charge in [0.15, 0.2) is 5.78 Å². The van der Waals surface area contributed by atoms with Crippen LogP contribution in [0.3, 0.4) is 0 Å². The normalized spacial score (nSPS) is 12.0. The summed E-state index contributed by atoms with van der Waals surface area (Å²) in [6.07, 6.45) is -8.38. The first-order valence-electron chi connectivity index (χ1n) is 4.35. The molecule has 0 aromatic heterocycles. The molecule has 0 unspecified atom stereocenters. The minimum Gasteiger partial charge on any atom is -0.294 e. The number of hydrogen-bond donors (Lipinski definition) is 0. The van der Waals surface area contributed by atoms with Crippen molar-refractivity contribution < 1.29 is 26.7 Å². The quantitative estimate of drug-likeness (QED) is 0.572. The first-order chi connectivity index (χ1) is 7.66. The van der Waals surface area contributed by atoms with Crippen LogP contribution in [0.2, 0.25) is 5.02 Å². The average Bonchev–Trinajstić information content (AvgIpc) is 2.14. The highest BCUT2D eigenvalue weighted by atomic mass is 35.5. The summed E-state index contributed by atoms with van der Waals surface area (Å²) < 4.78 is 62.8. The number of Topliss-reactive ketones (excluding diaryl/α,β-unsaturated/α-hetero) is 1. The van der Waals surface area contributed by atoms with Gasteiger partial charge in [0.25, 0.3) is 6.43 Å².